The van der Waals surface area contributed by atoms with E-state index in [-0.39, 0.29) is 0 Å². The molecule has 1 aromatic rings. The number of rotatable bonds is 6. The van der Waals surface area contributed by atoms with E-state index in [4.69, 9.17) is 4.74 Å². The van der Waals surface area contributed by atoms with Gasteiger partial charge in [0, 0.05) is 18.3 Å². The van der Waals surface area contributed by atoms with Crippen LogP contribution in [-0.2, 0) is 4.79 Å². The van der Waals surface area contributed by atoms with Crippen molar-refractivity contribution in [2.45, 2.75) is 26.3 Å². The molecule has 0 saturated heterocycles. The van der Waals surface area contributed by atoms with Crippen LogP contribution in [0.4, 0.5) is 5.69 Å². The van der Waals surface area contributed by atoms with Crippen LogP contribution in [0, 0.1) is 0 Å². The first kappa shape index (κ1) is 13.4. The highest BCUT2D eigenvalue weighted by atomic mass is 16.5. The van der Waals surface area contributed by atoms with Crippen LogP contribution in [0.1, 0.15) is 20.3 Å². The summed E-state index contributed by atoms with van der Waals surface area (Å²) in [5, 5.41) is 9.19. The Morgan fingerprint density at radius 3 is 2.65 bits per heavy atom. The van der Waals surface area contributed by atoms with Crippen LogP contribution in [0.25, 0.3) is 0 Å². The summed E-state index contributed by atoms with van der Waals surface area (Å²) in [5.74, 6) is -0.0571. The maximum Gasteiger partial charge on any atom is 0.326 e. The molecule has 0 fully saturated rings. The molecule has 94 valence electrons. The average molecular weight is 237 g/mol. The highest BCUT2D eigenvalue weighted by molar-refractivity contribution is 5.78. The molecule has 0 aromatic heterocycles. The molecule has 0 aliphatic carbocycles. The van der Waals surface area contributed by atoms with Gasteiger partial charge in [-0.1, -0.05) is 13.0 Å². The number of anilines is 1. The van der Waals surface area contributed by atoms with Crippen molar-refractivity contribution >= 4 is 11.7 Å². The molecule has 4 nitrogen and oxygen atoms in total. The van der Waals surface area contributed by atoms with Gasteiger partial charge in [0.05, 0.1) is 7.11 Å². The van der Waals surface area contributed by atoms with Crippen LogP contribution in [0.15, 0.2) is 24.3 Å². The number of nitrogens with zero attached hydrogens (tertiary/aromatic N) is 1. The van der Waals surface area contributed by atoms with Gasteiger partial charge < -0.3 is 14.7 Å². The van der Waals surface area contributed by atoms with Gasteiger partial charge >= 0.3 is 5.97 Å². The number of ether oxygens (including phenoxy) is 1. The molecule has 0 aliphatic rings. The SMILES string of the molecule is CC[C@H](C(=O)O)N(CC)c1cccc(OC)c1. The van der Waals surface area contributed by atoms with Gasteiger partial charge in [0.1, 0.15) is 11.8 Å². The van der Waals surface area contributed by atoms with E-state index in [0.29, 0.717) is 13.0 Å². The highest BCUT2D eigenvalue weighted by Crippen LogP contribution is 2.23. The third-order valence-corrected chi connectivity index (χ3v) is 2.77. The van der Waals surface area contributed by atoms with Crippen LogP contribution in [0.5, 0.6) is 5.75 Å². The Labute approximate surface area is 102 Å². The van der Waals surface area contributed by atoms with Gasteiger partial charge in [0.25, 0.3) is 0 Å². The number of methoxy groups -OCH3 is 1. The first-order valence-electron chi connectivity index (χ1n) is 5.77. The number of aliphatic carboxylic acids is 1. The van der Waals surface area contributed by atoms with E-state index >= 15 is 0 Å². The second-order valence-corrected chi connectivity index (χ2v) is 3.75. The molecule has 1 atom stereocenters. The summed E-state index contributed by atoms with van der Waals surface area (Å²) in [6.07, 6.45) is 0.570. The minimum Gasteiger partial charge on any atom is -0.497 e. The number of likely N-dealkylation sites (N-methyl/N-ethyl adjacent to an activating group) is 1. The van der Waals surface area contributed by atoms with Crippen molar-refractivity contribution < 1.29 is 14.6 Å². The lowest BCUT2D eigenvalue weighted by atomic mass is 10.1. The van der Waals surface area contributed by atoms with Crippen LogP contribution in [-0.4, -0.2) is 30.8 Å². The van der Waals surface area contributed by atoms with Crippen molar-refractivity contribution in [3.8, 4) is 5.75 Å². The van der Waals surface area contributed by atoms with Gasteiger partial charge in [-0.25, -0.2) is 4.79 Å². The van der Waals surface area contributed by atoms with Gasteiger partial charge in [0.2, 0.25) is 0 Å². The lowest BCUT2D eigenvalue weighted by Gasteiger charge is -2.29. The molecule has 0 radical (unpaired) electrons. The molecule has 0 unspecified atom stereocenters. The Balaban J connectivity index is 3.03. The predicted molar refractivity (Wildman–Crippen MR) is 67.7 cm³/mol. The smallest absolute Gasteiger partial charge is 0.326 e. The summed E-state index contributed by atoms with van der Waals surface area (Å²) >= 11 is 0. The molecule has 0 spiro atoms. The number of hydrogen-bond acceptors (Lipinski definition) is 3. The Morgan fingerprint density at radius 2 is 2.18 bits per heavy atom. The van der Waals surface area contributed by atoms with Crippen molar-refractivity contribution in [2.24, 2.45) is 0 Å². The summed E-state index contributed by atoms with van der Waals surface area (Å²) in [7, 11) is 1.60. The van der Waals surface area contributed by atoms with E-state index in [1.165, 1.54) is 0 Å². The van der Waals surface area contributed by atoms with Gasteiger partial charge in [-0.3, -0.25) is 0 Å². The standard InChI is InChI=1S/C13H19NO3/c1-4-12(13(15)16)14(5-2)10-7-6-8-11(9-10)17-3/h6-9,12H,4-5H2,1-3H3,(H,15,16)/t12-/m1/s1. The number of benzene rings is 1. The molecular weight excluding hydrogens is 218 g/mol. The van der Waals surface area contributed by atoms with E-state index in [1.807, 2.05) is 43.0 Å². The predicted octanol–water partition coefficient (Wildman–Crippen LogP) is 2.38. The lowest BCUT2D eigenvalue weighted by Crippen LogP contribution is -2.40. The van der Waals surface area contributed by atoms with Gasteiger partial charge in [-0.2, -0.15) is 0 Å². The maximum absolute atomic E-state index is 11.2. The average Bonchev–Trinajstić information content (AvgIpc) is 2.35. The fourth-order valence-electron chi connectivity index (χ4n) is 1.90. The van der Waals surface area contributed by atoms with E-state index < -0.39 is 12.0 Å². The quantitative estimate of drug-likeness (QED) is 0.825. The minimum atomic E-state index is -0.794. The number of carboxylic acid groups (broad SMARTS) is 1. The van der Waals surface area contributed by atoms with Crippen molar-refractivity contribution in [3.05, 3.63) is 24.3 Å². The summed E-state index contributed by atoms with van der Waals surface area (Å²) in [4.78, 5) is 13.1. The molecule has 0 heterocycles. The first-order chi connectivity index (χ1) is 8.13. The minimum absolute atomic E-state index is 0.493. The number of hydrogen-bond donors (Lipinski definition) is 1. The van der Waals surface area contributed by atoms with Gasteiger partial charge in [-0.05, 0) is 25.5 Å². The van der Waals surface area contributed by atoms with Crippen molar-refractivity contribution in [1.82, 2.24) is 0 Å². The van der Waals surface area contributed by atoms with Gasteiger partial charge in [-0.15, -0.1) is 0 Å². The van der Waals surface area contributed by atoms with E-state index in [1.54, 1.807) is 7.11 Å². The molecule has 4 heteroatoms. The third-order valence-electron chi connectivity index (χ3n) is 2.77. The molecule has 17 heavy (non-hydrogen) atoms. The van der Waals surface area contributed by atoms with E-state index in [9.17, 15) is 9.90 Å². The lowest BCUT2D eigenvalue weighted by molar-refractivity contribution is -0.138. The molecule has 0 amide bonds. The van der Waals surface area contributed by atoms with Crippen molar-refractivity contribution in [2.75, 3.05) is 18.6 Å². The molecule has 0 aliphatic heterocycles. The van der Waals surface area contributed by atoms with E-state index in [0.717, 1.165) is 11.4 Å². The second kappa shape index (κ2) is 6.13. The van der Waals surface area contributed by atoms with Crippen LogP contribution < -0.4 is 9.64 Å². The summed E-state index contributed by atoms with van der Waals surface area (Å²) < 4.78 is 5.15. The molecule has 1 rings (SSSR count). The largest absolute Gasteiger partial charge is 0.497 e. The molecule has 1 N–H and O–H groups in total. The number of carbonyl (C=O) groups is 1. The highest BCUT2D eigenvalue weighted by Gasteiger charge is 2.22. The normalized spacial score (nSPS) is 11.9. The fourth-order valence-corrected chi connectivity index (χ4v) is 1.90. The Bertz CT molecular complexity index is 379. The van der Waals surface area contributed by atoms with E-state index in [2.05, 4.69) is 0 Å². The summed E-state index contributed by atoms with van der Waals surface area (Å²) in [5.41, 5.74) is 0.876. The fraction of sp³-hybridized carbons (Fsp3) is 0.462. The van der Waals surface area contributed by atoms with Crippen molar-refractivity contribution in [3.63, 3.8) is 0 Å². The summed E-state index contributed by atoms with van der Waals surface area (Å²) in [6.45, 7) is 4.48. The van der Waals surface area contributed by atoms with Crippen LogP contribution >= 0.6 is 0 Å². The van der Waals surface area contributed by atoms with Crippen molar-refractivity contribution in [1.29, 1.82) is 0 Å². The maximum atomic E-state index is 11.2. The Kier molecular flexibility index (Phi) is 4.82. The third kappa shape index (κ3) is 3.12. The molecule has 0 bridgehead atoms. The zero-order valence-electron chi connectivity index (χ0n) is 10.5. The second-order valence-electron chi connectivity index (χ2n) is 3.75. The topological polar surface area (TPSA) is 49.8 Å². The Hall–Kier alpha value is -1.71. The number of carboxylic acids is 1. The zero-order chi connectivity index (χ0) is 12.8. The Morgan fingerprint density at radius 1 is 1.47 bits per heavy atom. The monoisotopic (exact) mass is 237 g/mol. The zero-order valence-corrected chi connectivity index (χ0v) is 10.5. The first-order valence-corrected chi connectivity index (χ1v) is 5.77. The molecular formula is C13H19NO3. The molecule has 0 saturated carbocycles. The van der Waals surface area contributed by atoms with Gasteiger partial charge in [0.15, 0.2) is 0 Å². The summed E-state index contributed by atoms with van der Waals surface area (Å²) in [6, 6.07) is 6.98. The van der Waals surface area contributed by atoms with Crippen LogP contribution in [0.3, 0.4) is 0 Å². The molecule has 1 aromatic carbocycles. The van der Waals surface area contributed by atoms with Crippen LogP contribution in [0.2, 0.25) is 0 Å².